The Morgan fingerprint density at radius 3 is 3.06 bits per heavy atom. The lowest BCUT2D eigenvalue weighted by Gasteiger charge is -2.08. The van der Waals surface area contributed by atoms with Gasteiger partial charge in [-0.2, -0.15) is 5.26 Å². The van der Waals surface area contributed by atoms with Gasteiger partial charge in [0.25, 0.3) is 0 Å². The molecule has 0 aliphatic carbocycles. The third-order valence-corrected chi connectivity index (χ3v) is 2.33. The van der Waals surface area contributed by atoms with Gasteiger partial charge < -0.3 is 9.88 Å². The van der Waals surface area contributed by atoms with Crippen molar-refractivity contribution in [3.8, 4) is 6.07 Å². The minimum atomic E-state index is -0.520. The number of hydrogen-bond donors (Lipinski definition) is 1. The Balaban J connectivity index is 2.16. The number of imidazole rings is 1. The molecule has 0 saturated heterocycles. The molecular formula is C11H16N4O. The summed E-state index contributed by atoms with van der Waals surface area (Å²) in [6, 6.07) is 1.98. The van der Waals surface area contributed by atoms with Crippen molar-refractivity contribution in [2.24, 2.45) is 5.92 Å². The van der Waals surface area contributed by atoms with Crippen LogP contribution in [-0.2, 0) is 11.3 Å². The summed E-state index contributed by atoms with van der Waals surface area (Å²) >= 11 is 0. The Bertz CT molecular complexity index is 353. The summed E-state index contributed by atoms with van der Waals surface area (Å²) in [4.78, 5) is 15.3. The van der Waals surface area contributed by atoms with Gasteiger partial charge in [0.2, 0.25) is 5.91 Å². The first-order valence-electron chi connectivity index (χ1n) is 5.41. The maximum atomic E-state index is 11.4. The maximum Gasteiger partial charge on any atom is 0.237 e. The zero-order chi connectivity index (χ0) is 11.8. The number of amides is 1. The van der Waals surface area contributed by atoms with Crippen molar-refractivity contribution in [1.82, 2.24) is 14.9 Å². The van der Waals surface area contributed by atoms with E-state index in [1.54, 1.807) is 12.5 Å². The number of nitriles is 1. The van der Waals surface area contributed by atoms with Crippen LogP contribution in [-0.4, -0.2) is 22.0 Å². The zero-order valence-corrected chi connectivity index (χ0v) is 9.39. The van der Waals surface area contributed by atoms with Crippen molar-refractivity contribution in [3.05, 3.63) is 18.7 Å². The van der Waals surface area contributed by atoms with Gasteiger partial charge in [0.1, 0.15) is 5.92 Å². The van der Waals surface area contributed by atoms with E-state index >= 15 is 0 Å². The van der Waals surface area contributed by atoms with Gasteiger partial charge in [-0.25, -0.2) is 4.98 Å². The summed E-state index contributed by atoms with van der Waals surface area (Å²) in [5.74, 6) is -0.691. The molecule has 1 heterocycles. The van der Waals surface area contributed by atoms with Gasteiger partial charge in [0.15, 0.2) is 0 Å². The van der Waals surface area contributed by atoms with E-state index in [1.807, 2.05) is 23.8 Å². The number of carbonyl (C=O) groups excluding carboxylic acids is 1. The minimum Gasteiger partial charge on any atom is -0.355 e. The summed E-state index contributed by atoms with van der Waals surface area (Å²) < 4.78 is 1.95. The summed E-state index contributed by atoms with van der Waals surface area (Å²) in [7, 11) is 0. The largest absolute Gasteiger partial charge is 0.355 e. The number of rotatable bonds is 6. The van der Waals surface area contributed by atoms with Crippen LogP contribution in [0, 0.1) is 17.2 Å². The Hall–Kier alpha value is -1.83. The standard InChI is InChI=1S/C11H16N4O/c1-2-10(8-12)11(16)14-4-3-6-15-7-5-13-9-15/h5,7,9-10H,2-4,6H2,1H3,(H,14,16). The fourth-order valence-corrected chi connectivity index (χ4v) is 1.35. The highest BCUT2D eigenvalue weighted by atomic mass is 16.1. The van der Waals surface area contributed by atoms with E-state index in [0.717, 1.165) is 13.0 Å². The number of aromatic nitrogens is 2. The molecule has 1 rings (SSSR count). The molecule has 0 aromatic carbocycles. The van der Waals surface area contributed by atoms with E-state index in [1.165, 1.54) is 0 Å². The first-order chi connectivity index (χ1) is 7.77. The van der Waals surface area contributed by atoms with E-state index in [-0.39, 0.29) is 5.91 Å². The fraction of sp³-hybridized carbons (Fsp3) is 0.545. The van der Waals surface area contributed by atoms with Crippen LogP contribution < -0.4 is 5.32 Å². The molecule has 1 amide bonds. The van der Waals surface area contributed by atoms with E-state index in [2.05, 4.69) is 10.3 Å². The normalized spacial score (nSPS) is 11.8. The maximum absolute atomic E-state index is 11.4. The van der Waals surface area contributed by atoms with Gasteiger partial charge >= 0.3 is 0 Å². The first-order valence-corrected chi connectivity index (χ1v) is 5.41. The van der Waals surface area contributed by atoms with Gasteiger partial charge in [-0.1, -0.05) is 6.92 Å². The molecular weight excluding hydrogens is 204 g/mol. The van der Waals surface area contributed by atoms with Crippen LogP contribution in [0.5, 0.6) is 0 Å². The van der Waals surface area contributed by atoms with Crippen LogP contribution in [0.25, 0.3) is 0 Å². The van der Waals surface area contributed by atoms with Gasteiger partial charge in [-0.05, 0) is 12.8 Å². The number of nitrogens with one attached hydrogen (secondary N) is 1. The second-order valence-electron chi connectivity index (χ2n) is 3.54. The van der Waals surface area contributed by atoms with Gasteiger partial charge in [0.05, 0.1) is 12.4 Å². The summed E-state index contributed by atoms with van der Waals surface area (Å²) in [5, 5.41) is 11.4. The topological polar surface area (TPSA) is 70.7 Å². The SMILES string of the molecule is CCC(C#N)C(=O)NCCCn1ccnc1. The van der Waals surface area contributed by atoms with E-state index in [9.17, 15) is 4.79 Å². The lowest BCUT2D eigenvalue weighted by Crippen LogP contribution is -2.30. The smallest absolute Gasteiger partial charge is 0.237 e. The molecule has 0 bridgehead atoms. The average Bonchev–Trinajstić information content (AvgIpc) is 2.79. The highest BCUT2D eigenvalue weighted by Gasteiger charge is 2.13. The lowest BCUT2D eigenvalue weighted by molar-refractivity contribution is -0.123. The molecule has 0 spiro atoms. The van der Waals surface area contributed by atoms with Crippen molar-refractivity contribution in [2.45, 2.75) is 26.3 Å². The number of nitrogens with zero attached hydrogens (tertiary/aromatic N) is 3. The minimum absolute atomic E-state index is 0.171. The van der Waals surface area contributed by atoms with Crippen LogP contribution in [0.4, 0.5) is 0 Å². The molecule has 1 aromatic heterocycles. The predicted octanol–water partition coefficient (Wildman–Crippen LogP) is 0.939. The zero-order valence-electron chi connectivity index (χ0n) is 9.39. The predicted molar refractivity (Wildman–Crippen MR) is 59.2 cm³/mol. The molecule has 5 nitrogen and oxygen atoms in total. The summed E-state index contributed by atoms with van der Waals surface area (Å²) in [6.45, 7) is 3.25. The van der Waals surface area contributed by atoms with Gasteiger partial charge in [0, 0.05) is 25.5 Å². The van der Waals surface area contributed by atoms with E-state index in [0.29, 0.717) is 13.0 Å². The van der Waals surface area contributed by atoms with E-state index < -0.39 is 5.92 Å². The van der Waals surface area contributed by atoms with Crippen LogP contribution in [0.3, 0.4) is 0 Å². The highest BCUT2D eigenvalue weighted by Crippen LogP contribution is 1.99. The molecule has 5 heteroatoms. The lowest BCUT2D eigenvalue weighted by atomic mass is 10.1. The first kappa shape index (κ1) is 12.2. The molecule has 16 heavy (non-hydrogen) atoms. The van der Waals surface area contributed by atoms with Gasteiger partial charge in [-0.15, -0.1) is 0 Å². The van der Waals surface area contributed by atoms with Crippen molar-refractivity contribution in [1.29, 1.82) is 5.26 Å². The average molecular weight is 220 g/mol. The Morgan fingerprint density at radius 2 is 2.50 bits per heavy atom. The highest BCUT2D eigenvalue weighted by molar-refractivity contribution is 5.80. The monoisotopic (exact) mass is 220 g/mol. The van der Waals surface area contributed by atoms with Gasteiger partial charge in [-0.3, -0.25) is 4.79 Å². The summed E-state index contributed by atoms with van der Waals surface area (Å²) in [5.41, 5.74) is 0. The van der Waals surface area contributed by atoms with E-state index in [4.69, 9.17) is 5.26 Å². The Labute approximate surface area is 95.1 Å². The van der Waals surface area contributed by atoms with Crippen molar-refractivity contribution in [3.63, 3.8) is 0 Å². The molecule has 1 atom stereocenters. The van der Waals surface area contributed by atoms with Crippen molar-refractivity contribution < 1.29 is 4.79 Å². The molecule has 0 aliphatic heterocycles. The molecule has 0 fully saturated rings. The van der Waals surface area contributed by atoms with Crippen LogP contribution >= 0.6 is 0 Å². The molecule has 0 radical (unpaired) electrons. The quantitative estimate of drug-likeness (QED) is 0.725. The third-order valence-electron chi connectivity index (χ3n) is 2.33. The molecule has 1 aromatic rings. The number of aryl methyl sites for hydroxylation is 1. The molecule has 0 saturated carbocycles. The van der Waals surface area contributed by atoms with Crippen LogP contribution in [0.15, 0.2) is 18.7 Å². The fourth-order valence-electron chi connectivity index (χ4n) is 1.35. The second kappa shape index (κ2) is 6.62. The number of hydrogen-bond acceptors (Lipinski definition) is 3. The molecule has 86 valence electrons. The molecule has 1 unspecified atom stereocenters. The molecule has 0 aliphatic rings. The van der Waals surface area contributed by atoms with Crippen LogP contribution in [0.1, 0.15) is 19.8 Å². The van der Waals surface area contributed by atoms with Crippen molar-refractivity contribution in [2.75, 3.05) is 6.54 Å². The Kier molecular flexibility index (Phi) is 5.06. The van der Waals surface area contributed by atoms with Crippen molar-refractivity contribution >= 4 is 5.91 Å². The third kappa shape index (κ3) is 3.73. The Morgan fingerprint density at radius 1 is 1.69 bits per heavy atom. The van der Waals surface area contributed by atoms with Crippen LogP contribution in [0.2, 0.25) is 0 Å². The molecule has 1 N–H and O–H groups in total. The summed E-state index contributed by atoms with van der Waals surface area (Å²) in [6.07, 6.45) is 6.74. The number of carbonyl (C=O) groups is 1. The second-order valence-corrected chi connectivity index (χ2v) is 3.54.